The van der Waals surface area contributed by atoms with Gasteiger partial charge in [-0.2, -0.15) is 0 Å². The number of carbonyl (C=O) groups excluding carboxylic acids is 6. The van der Waals surface area contributed by atoms with E-state index in [0.29, 0.717) is 50.1 Å². The highest BCUT2D eigenvalue weighted by molar-refractivity contribution is 5.97. The van der Waals surface area contributed by atoms with E-state index in [1.54, 1.807) is 23.1 Å². The zero-order valence-corrected chi connectivity index (χ0v) is 32.2. The fourth-order valence-corrected chi connectivity index (χ4v) is 7.19. The van der Waals surface area contributed by atoms with Gasteiger partial charge in [-0.05, 0) is 47.9 Å². The molecule has 0 unspecified atom stereocenters. The van der Waals surface area contributed by atoms with Crippen LogP contribution in [0.1, 0.15) is 41.5 Å². The number of nitrogens with one attached hydrogen (secondary N) is 5. The van der Waals surface area contributed by atoms with E-state index in [9.17, 15) is 28.8 Å². The first-order valence-electron chi connectivity index (χ1n) is 19.5. The molecule has 14 heteroatoms. The van der Waals surface area contributed by atoms with Gasteiger partial charge in [0.15, 0.2) is 0 Å². The molecule has 3 aromatic carbocycles. The highest BCUT2D eigenvalue weighted by atomic mass is 16.5. The molecule has 1 saturated heterocycles. The molecule has 3 atom stereocenters. The Bertz CT molecular complexity index is 1870. The van der Waals surface area contributed by atoms with Crippen LogP contribution in [0.25, 0.3) is 0 Å². The predicted molar refractivity (Wildman–Crippen MR) is 214 cm³/mol. The van der Waals surface area contributed by atoms with Gasteiger partial charge < -0.3 is 42.0 Å². The van der Waals surface area contributed by atoms with Gasteiger partial charge in [-0.3, -0.25) is 28.8 Å². The Morgan fingerprint density at radius 1 is 0.842 bits per heavy atom. The number of piperidine rings is 1. The fourth-order valence-electron chi connectivity index (χ4n) is 7.19. The third kappa shape index (κ3) is 12.8. The zero-order valence-electron chi connectivity index (χ0n) is 32.2. The molecule has 3 aromatic rings. The Morgan fingerprint density at radius 3 is 2.28 bits per heavy atom. The lowest BCUT2D eigenvalue weighted by molar-refractivity contribution is -0.141. The van der Waals surface area contributed by atoms with Crippen LogP contribution < -0.4 is 32.3 Å². The summed E-state index contributed by atoms with van der Waals surface area (Å²) in [4.78, 5) is 83.4. The second-order valence-electron chi connectivity index (χ2n) is 14.4. The van der Waals surface area contributed by atoms with Gasteiger partial charge in [-0.25, -0.2) is 0 Å². The molecule has 57 heavy (non-hydrogen) atoms. The maximum Gasteiger partial charge on any atom is 0.246 e. The van der Waals surface area contributed by atoms with Crippen LogP contribution in [-0.2, 0) is 59.3 Å². The maximum atomic E-state index is 14.6. The van der Waals surface area contributed by atoms with E-state index in [0.717, 1.165) is 17.2 Å². The lowest BCUT2D eigenvalue weighted by Gasteiger charge is -2.42. The Morgan fingerprint density at radius 2 is 1.54 bits per heavy atom. The standard InChI is InChI=1S/C43H53N7O7/c44-20-24-57-25-22-46-40(54)35-18-21-45-37(51)16-17-39(53)50-23-9-19-43(30-50,28-32-12-5-2-6-13-32)42(56)49-36(26-31-10-3-1-4-11-31)41(55)47-29-34-15-8-7-14-33(34)27-38(52)48-35/h1-8,10-17,35-36H,9,18-30,44H2,(H,45,51)(H,46,54)(H,47,55)(H,48,52)(H,49,56)/b17-16+/t35-,36-,43-/m0/s1. The molecule has 5 rings (SSSR count). The Kier molecular flexibility index (Phi) is 15.9. The van der Waals surface area contributed by atoms with Gasteiger partial charge in [0.05, 0.1) is 25.0 Å². The van der Waals surface area contributed by atoms with E-state index in [1.165, 1.54) is 6.08 Å². The average molecular weight is 780 g/mol. The minimum atomic E-state index is -1.07. The van der Waals surface area contributed by atoms with E-state index in [4.69, 9.17) is 10.5 Å². The number of nitrogens with two attached hydrogens (primary N) is 1. The summed E-state index contributed by atoms with van der Waals surface area (Å²) in [6, 6.07) is 24.2. The third-order valence-electron chi connectivity index (χ3n) is 10.2. The van der Waals surface area contributed by atoms with Crippen molar-refractivity contribution >= 4 is 35.4 Å². The van der Waals surface area contributed by atoms with Crippen molar-refractivity contribution in [3.63, 3.8) is 0 Å². The quantitative estimate of drug-likeness (QED) is 0.164. The monoisotopic (exact) mass is 779 g/mol. The first-order valence-corrected chi connectivity index (χ1v) is 19.5. The number of ether oxygens (including phenoxy) is 1. The van der Waals surface area contributed by atoms with Crippen LogP contribution in [0.2, 0.25) is 0 Å². The second kappa shape index (κ2) is 21.4. The summed E-state index contributed by atoms with van der Waals surface area (Å²) in [7, 11) is 0. The third-order valence-corrected chi connectivity index (χ3v) is 10.2. The number of hydrogen-bond donors (Lipinski definition) is 6. The van der Waals surface area contributed by atoms with E-state index >= 15 is 0 Å². The summed E-state index contributed by atoms with van der Waals surface area (Å²) in [6.45, 7) is 1.68. The lowest BCUT2D eigenvalue weighted by atomic mass is 9.74. The van der Waals surface area contributed by atoms with Crippen LogP contribution >= 0.6 is 0 Å². The van der Waals surface area contributed by atoms with Crippen LogP contribution in [0, 0.1) is 5.41 Å². The number of fused-ring (bicyclic) bond motifs is 3. The van der Waals surface area contributed by atoms with Gasteiger partial charge in [0, 0.05) is 57.8 Å². The molecule has 14 nitrogen and oxygen atoms in total. The molecule has 0 spiro atoms. The smallest absolute Gasteiger partial charge is 0.246 e. The van der Waals surface area contributed by atoms with Crippen molar-refractivity contribution in [1.29, 1.82) is 0 Å². The molecule has 6 amide bonds. The van der Waals surface area contributed by atoms with E-state index in [1.807, 2.05) is 66.7 Å². The number of nitrogens with zero attached hydrogens (tertiary/aromatic N) is 1. The molecule has 2 aliphatic heterocycles. The number of rotatable bonds is 10. The van der Waals surface area contributed by atoms with Gasteiger partial charge in [0.1, 0.15) is 12.1 Å². The molecule has 7 N–H and O–H groups in total. The van der Waals surface area contributed by atoms with Gasteiger partial charge in [0.2, 0.25) is 35.4 Å². The summed E-state index contributed by atoms with van der Waals surface area (Å²) in [5, 5.41) is 14.3. The number of benzene rings is 3. The van der Waals surface area contributed by atoms with Crippen LogP contribution in [0.15, 0.2) is 97.1 Å². The minimum Gasteiger partial charge on any atom is -0.378 e. The van der Waals surface area contributed by atoms with Gasteiger partial charge in [-0.15, -0.1) is 0 Å². The Labute approximate surface area is 333 Å². The van der Waals surface area contributed by atoms with Crippen molar-refractivity contribution in [2.75, 3.05) is 45.9 Å². The summed E-state index contributed by atoms with van der Waals surface area (Å²) >= 11 is 0. The molecule has 1 fully saturated rings. The van der Waals surface area contributed by atoms with Gasteiger partial charge in [0.25, 0.3) is 0 Å². The van der Waals surface area contributed by atoms with Gasteiger partial charge >= 0.3 is 0 Å². The SMILES string of the molecule is NCCOCCNC(=O)[C@@H]1CCNC(=O)/C=C/C(=O)N2CCC[C@](Cc3ccccc3)(C2)C(=O)N[C@@H](Cc2ccccc2)C(=O)NCc2ccccc2CC(=O)N1. The molecule has 0 saturated carbocycles. The normalized spacial score (nSPS) is 22.0. The fraction of sp³-hybridized carbons (Fsp3) is 0.395. The van der Waals surface area contributed by atoms with Crippen LogP contribution in [0.4, 0.5) is 0 Å². The molecule has 0 aromatic heterocycles. The molecule has 2 bridgehead atoms. The van der Waals surface area contributed by atoms with Crippen LogP contribution in [-0.4, -0.2) is 98.4 Å². The zero-order chi connectivity index (χ0) is 40.5. The largest absolute Gasteiger partial charge is 0.378 e. The highest BCUT2D eigenvalue weighted by Crippen LogP contribution is 2.35. The molecular formula is C43H53N7O7. The van der Waals surface area contributed by atoms with E-state index in [-0.39, 0.29) is 58.0 Å². The Balaban J connectivity index is 1.44. The van der Waals surface area contributed by atoms with Crippen molar-refractivity contribution in [1.82, 2.24) is 31.5 Å². The summed E-state index contributed by atoms with van der Waals surface area (Å²) in [5.41, 5.74) is 7.49. The van der Waals surface area contributed by atoms with Crippen molar-refractivity contribution in [3.8, 4) is 0 Å². The summed E-state index contributed by atoms with van der Waals surface area (Å²) in [5.74, 6) is -2.64. The maximum absolute atomic E-state index is 14.6. The van der Waals surface area contributed by atoms with Crippen molar-refractivity contribution < 1.29 is 33.5 Å². The lowest BCUT2D eigenvalue weighted by Crippen LogP contribution is -2.58. The second-order valence-corrected chi connectivity index (χ2v) is 14.4. The van der Waals surface area contributed by atoms with E-state index < -0.39 is 47.0 Å². The van der Waals surface area contributed by atoms with E-state index in [2.05, 4.69) is 26.6 Å². The van der Waals surface area contributed by atoms with Crippen molar-refractivity contribution in [3.05, 3.63) is 119 Å². The molecule has 2 heterocycles. The number of carbonyl (C=O) groups is 6. The van der Waals surface area contributed by atoms with Crippen molar-refractivity contribution in [2.24, 2.45) is 11.1 Å². The topological polar surface area (TPSA) is 201 Å². The average Bonchev–Trinajstić information content (AvgIpc) is 3.22. The highest BCUT2D eigenvalue weighted by Gasteiger charge is 2.44. The summed E-state index contributed by atoms with van der Waals surface area (Å²) in [6.07, 6.45) is 3.84. The summed E-state index contributed by atoms with van der Waals surface area (Å²) < 4.78 is 5.35. The minimum absolute atomic E-state index is 0.0241. The number of hydrogen-bond acceptors (Lipinski definition) is 8. The molecule has 302 valence electrons. The molecular weight excluding hydrogens is 727 g/mol. The predicted octanol–water partition coefficient (Wildman–Crippen LogP) is 1.08. The molecule has 0 radical (unpaired) electrons. The van der Waals surface area contributed by atoms with Crippen LogP contribution in [0.5, 0.6) is 0 Å². The molecule has 2 aliphatic rings. The number of amides is 6. The van der Waals surface area contributed by atoms with Gasteiger partial charge in [-0.1, -0.05) is 84.9 Å². The van der Waals surface area contributed by atoms with Crippen molar-refractivity contribution in [2.45, 2.75) is 57.2 Å². The first-order chi connectivity index (χ1) is 27.7. The van der Waals surface area contributed by atoms with Crippen LogP contribution in [0.3, 0.4) is 0 Å². The first kappa shape index (κ1) is 42.3. The molecule has 0 aliphatic carbocycles. The Hall–Kier alpha value is -5.86.